The van der Waals surface area contributed by atoms with Crippen molar-refractivity contribution in [2.45, 2.75) is 186 Å². The molecule has 0 heterocycles. The van der Waals surface area contributed by atoms with E-state index in [1.807, 2.05) is 0 Å². The minimum atomic E-state index is -1.31. The molecule has 0 aromatic rings. The molecule has 0 rings (SSSR count). The van der Waals surface area contributed by atoms with Crippen LogP contribution in [0, 0.1) is 21.7 Å². The molecule has 0 aliphatic rings. The first kappa shape index (κ1) is 59.7. The van der Waals surface area contributed by atoms with Crippen LogP contribution in [0.3, 0.4) is 0 Å². The molecule has 12 nitrogen and oxygen atoms in total. The second kappa shape index (κ2) is 30.7. The number of carbonyl (C=O) groups excluding carboxylic acids is 4. The minimum absolute atomic E-state index is 0. The van der Waals surface area contributed by atoms with Crippen molar-refractivity contribution in [1.29, 1.82) is 0 Å². The van der Waals surface area contributed by atoms with E-state index in [4.69, 9.17) is 20.4 Å². The van der Waals surface area contributed by atoms with Crippen molar-refractivity contribution in [3.8, 4) is 0 Å². The van der Waals surface area contributed by atoms with Gasteiger partial charge < -0.3 is 20.4 Å². The van der Waals surface area contributed by atoms with Gasteiger partial charge in [-0.25, -0.2) is 19.2 Å². The zero-order valence-corrected chi connectivity index (χ0v) is 37.3. The average Bonchev–Trinajstić information content (AvgIpc) is 2.96. The summed E-state index contributed by atoms with van der Waals surface area (Å²) in [7, 11) is 0. The van der Waals surface area contributed by atoms with E-state index in [-0.39, 0.29) is 73.5 Å². The number of hydrogen-bond acceptors (Lipinski definition) is 8. The van der Waals surface area contributed by atoms with Crippen LogP contribution in [0.5, 0.6) is 0 Å². The van der Waals surface area contributed by atoms with Crippen LogP contribution >= 0.6 is 0 Å². The molecule has 0 fully saturated rings. The molecule has 0 amide bonds. The number of carboxylic acids is 4. The number of carboxylic acid groups (broad SMARTS) is 4. The van der Waals surface area contributed by atoms with Crippen LogP contribution in [0.4, 0.5) is 0 Å². The molecule has 0 unspecified atom stereocenters. The summed E-state index contributed by atoms with van der Waals surface area (Å²) in [6, 6.07) is 0. The molecular formula is C40H72O12Zr. The number of unbranched alkanes of at least 4 members (excludes halogenated alkanes) is 4. The summed E-state index contributed by atoms with van der Waals surface area (Å²) in [5.74, 6) is -7.93. The van der Waals surface area contributed by atoms with Crippen molar-refractivity contribution < 1.29 is 85.0 Å². The zero-order chi connectivity index (χ0) is 41.9. The van der Waals surface area contributed by atoms with Gasteiger partial charge in [0.05, 0.1) is 0 Å². The van der Waals surface area contributed by atoms with Crippen molar-refractivity contribution in [3.05, 3.63) is 0 Å². The maximum Gasteiger partial charge on any atom is 0.372 e. The first-order chi connectivity index (χ1) is 23.3. The Labute approximate surface area is 338 Å². The fraction of sp³-hybridized carbons (Fsp3) is 0.800. The normalized spacial score (nSPS) is 11.1. The van der Waals surface area contributed by atoms with Gasteiger partial charge in [-0.05, 0) is 73.0 Å². The van der Waals surface area contributed by atoms with Gasteiger partial charge in [0, 0.05) is 51.9 Å². The largest absolute Gasteiger partial charge is 0.476 e. The van der Waals surface area contributed by atoms with Crippen molar-refractivity contribution in [2.24, 2.45) is 21.7 Å². The number of aliphatic carboxylic acids is 4. The van der Waals surface area contributed by atoms with Gasteiger partial charge in [0.15, 0.2) is 0 Å². The van der Waals surface area contributed by atoms with E-state index in [2.05, 4.69) is 83.1 Å². The monoisotopic (exact) mass is 834 g/mol. The zero-order valence-electron chi connectivity index (χ0n) is 34.9. The van der Waals surface area contributed by atoms with Gasteiger partial charge >= 0.3 is 23.9 Å². The SMILES string of the molecule is CC(C)(C)CCCCC(=O)C(=O)O.CC(C)(C)CCCCC(=O)C(=O)O.CC(C)(C)CCCCC(=O)C(=O)O.CC(C)(C)CCCCC(=O)C(=O)O.[Zr]. The summed E-state index contributed by atoms with van der Waals surface area (Å²) < 4.78 is 0. The van der Waals surface area contributed by atoms with Crippen LogP contribution in [-0.4, -0.2) is 67.4 Å². The van der Waals surface area contributed by atoms with E-state index in [0.717, 1.165) is 51.4 Å². The van der Waals surface area contributed by atoms with Crippen LogP contribution in [0.2, 0.25) is 0 Å². The molecule has 0 aromatic heterocycles. The van der Waals surface area contributed by atoms with E-state index in [1.165, 1.54) is 0 Å². The van der Waals surface area contributed by atoms with Gasteiger partial charge in [-0.2, -0.15) is 0 Å². The first-order valence-corrected chi connectivity index (χ1v) is 18.4. The molecule has 0 aliphatic heterocycles. The molecule has 13 heteroatoms. The minimum Gasteiger partial charge on any atom is -0.476 e. The Morgan fingerprint density at radius 2 is 0.434 bits per heavy atom. The van der Waals surface area contributed by atoms with E-state index < -0.39 is 47.0 Å². The molecule has 308 valence electrons. The molecule has 0 aromatic carbocycles. The maximum absolute atomic E-state index is 10.7. The summed E-state index contributed by atoms with van der Waals surface area (Å²) in [5, 5.41) is 33.2. The third kappa shape index (κ3) is 53.9. The fourth-order valence-corrected chi connectivity index (χ4v) is 4.19. The Bertz CT molecular complexity index is 939. The molecular weight excluding hydrogens is 764 g/mol. The first-order valence-electron chi connectivity index (χ1n) is 18.4. The Kier molecular flexibility index (Phi) is 34.6. The number of carbonyl (C=O) groups is 8. The summed E-state index contributed by atoms with van der Waals surface area (Å²) in [6.45, 7) is 25.6. The second-order valence-electron chi connectivity index (χ2n) is 18.0. The molecule has 53 heavy (non-hydrogen) atoms. The molecule has 0 spiro atoms. The molecule has 0 bridgehead atoms. The fourth-order valence-electron chi connectivity index (χ4n) is 4.19. The van der Waals surface area contributed by atoms with Crippen LogP contribution in [0.1, 0.15) is 186 Å². The van der Waals surface area contributed by atoms with Gasteiger partial charge in [-0.15, -0.1) is 0 Å². The Hall–Kier alpha value is -2.56. The Morgan fingerprint density at radius 1 is 0.302 bits per heavy atom. The molecule has 0 saturated carbocycles. The van der Waals surface area contributed by atoms with Gasteiger partial charge in [-0.1, -0.05) is 109 Å². The number of ketones is 4. The molecule has 0 saturated heterocycles. The van der Waals surface area contributed by atoms with E-state index in [9.17, 15) is 38.4 Å². The third-order valence-corrected chi connectivity index (χ3v) is 7.28. The average molecular weight is 836 g/mol. The predicted octanol–water partition coefficient (Wildman–Crippen LogP) is 8.98. The quantitative estimate of drug-likeness (QED) is 0.0667. The molecule has 0 radical (unpaired) electrons. The van der Waals surface area contributed by atoms with E-state index in [0.29, 0.717) is 25.7 Å². The smallest absolute Gasteiger partial charge is 0.372 e. The molecule has 0 aliphatic carbocycles. The number of rotatable bonds is 20. The van der Waals surface area contributed by atoms with Gasteiger partial charge in [0.2, 0.25) is 23.1 Å². The third-order valence-electron chi connectivity index (χ3n) is 7.28. The Morgan fingerprint density at radius 3 is 0.528 bits per heavy atom. The summed E-state index contributed by atoms with van der Waals surface area (Å²) in [4.78, 5) is 83.2. The van der Waals surface area contributed by atoms with Crippen molar-refractivity contribution in [1.82, 2.24) is 0 Å². The number of hydrogen-bond donors (Lipinski definition) is 4. The van der Waals surface area contributed by atoms with E-state index in [1.54, 1.807) is 0 Å². The summed E-state index contributed by atoms with van der Waals surface area (Å²) >= 11 is 0. The van der Waals surface area contributed by atoms with Gasteiger partial charge in [-0.3, -0.25) is 19.2 Å². The summed E-state index contributed by atoms with van der Waals surface area (Å²) in [5.41, 5.74) is 1.08. The van der Waals surface area contributed by atoms with Crippen LogP contribution in [-0.2, 0) is 64.6 Å². The second-order valence-corrected chi connectivity index (χ2v) is 18.0. The van der Waals surface area contributed by atoms with Crippen LogP contribution in [0.15, 0.2) is 0 Å². The topological polar surface area (TPSA) is 217 Å². The summed E-state index contributed by atoms with van der Waals surface area (Å²) in [6.07, 6.45) is 11.2. The molecule has 4 N–H and O–H groups in total. The van der Waals surface area contributed by atoms with Crippen molar-refractivity contribution in [2.75, 3.05) is 0 Å². The van der Waals surface area contributed by atoms with E-state index >= 15 is 0 Å². The maximum atomic E-state index is 10.7. The number of Topliss-reactive ketones (excluding diaryl/α,β-unsaturated/α-hetero) is 4. The predicted molar refractivity (Wildman–Crippen MR) is 202 cm³/mol. The van der Waals surface area contributed by atoms with Gasteiger partial charge in [0.1, 0.15) is 0 Å². The van der Waals surface area contributed by atoms with Crippen LogP contribution in [0.25, 0.3) is 0 Å². The Balaban J connectivity index is -0.000000192. The van der Waals surface area contributed by atoms with Crippen molar-refractivity contribution in [3.63, 3.8) is 0 Å². The molecule has 0 atom stereocenters. The van der Waals surface area contributed by atoms with Crippen LogP contribution < -0.4 is 0 Å². The van der Waals surface area contributed by atoms with Gasteiger partial charge in [0.25, 0.3) is 0 Å². The van der Waals surface area contributed by atoms with Crippen molar-refractivity contribution >= 4 is 47.0 Å². The standard InChI is InChI=1S/4C10H18O3.Zr/c4*1-10(2,3)7-5-4-6-8(11)9(12)13;/h4*4-7H2,1-3H3,(H,12,13);.